The molecule has 1 heterocycles. The predicted octanol–water partition coefficient (Wildman–Crippen LogP) is 3.71. The molecule has 5 heteroatoms. The van der Waals surface area contributed by atoms with Crippen LogP contribution in [0.2, 0.25) is 0 Å². The van der Waals surface area contributed by atoms with Gasteiger partial charge >= 0.3 is 0 Å². The summed E-state index contributed by atoms with van der Waals surface area (Å²) in [5, 5.41) is 7.40. The van der Waals surface area contributed by atoms with Gasteiger partial charge in [-0.25, -0.2) is 0 Å². The summed E-state index contributed by atoms with van der Waals surface area (Å²) >= 11 is 1.72. The van der Waals surface area contributed by atoms with E-state index in [9.17, 15) is 0 Å². The number of hydrogen-bond donors (Lipinski definition) is 1. The lowest BCUT2D eigenvalue weighted by Crippen LogP contribution is -2.32. The summed E-state index contributed by atoms with van der Waals surface area (Å²) in [5.41, 5.74) is 0. The Morgan fingerprint density at radius 2 is 1.90 bits per heavy atom. The molecule has 21 heavy (non-hydrogen) atoms. The third-order valence-corrected chi connectivity index (χ3v) is 4.60. The highest BCUT2D eigenvalue weighted by Crippen LogP contribution is 2.28. The highest BCUT2D eigenvalue weighted by atomic mass is 32.2. The molecule has 0 spiro atoms. The molecule has 114 valence electrons. The van der Waals surface area contributed by atoms with Gasteiger partial charge in [0.15, 0.2) is 5.82 Å². The fourth-order valence-electron chi connectivity index (χ4n) is 2.38. The van der Waals surface area contributed by atoms with Gasteiger partial charge in [-0.3, -0.25) is 0 Å². The molecule has 1 N–H and O–H groups in total. The van der Waals surface area contributed by atoms with Gasteiger partial charge in [0, 0.05) is 10.9 Å². The molecule has 0 bridgehead atoms. The molecule has 0 radical (unpaired) electrons. The molecule has 2 aromatic rings. The molecule has 4 nitrogen and oxygen atoms in total. The number of nitrogens with one attached hydrogen (secondary N) is 1. The van der Waals surface area contributed by atoms with E-state index in [0.29, 0.717) is 12.0 Å². The maximum absolute atomic E-state index is 5.49. The summed E-state index contributed by atoms with van der Waals surface area (Å²) in [6.07, 6.45) is 0. The first-order valence-corrected chi connectivity index (χ1v) is 8.28. The quantitative estimate of drug-likeness (QED) is 0.790. The Bertz CT molecular complexity index is 541. The Morgan fingerprint density at radius 1 is 1.19 bits per heavy atom. The van der Waals surface area contributed by atoms with Gasteiger partial charge in [0.1, 0.15) is 0 Å². The standard InChI is InChI=1S/C16H23N3OS/c1-11(2)15(12(3)17-4)16-18-14(19-20-16)10-21-13-8-6-5-7-9-13/h5-9,11-12,15,17H,10H2,1-4H3. The fraction of sp³-hybridized carbons (Fsp3) is 0.500. The summed E-state index contributed by atoms with van der Waals surface area (Å²) in [4.78, 5) is 5.79. The second-order valence-electron chi connectivity index (χ2n) is 5.50. The Balaban J connectivity index is 2.03. The summed E-state index contributed by atoms with van der Waals surface area (Å²) in [7, 11) is 1.96. The summed E-state index contributed by atoms with van der Waals surface area (Å²) < 4.78 is 5.49. The van der Waals surface area contributed by atoms with Crippen molar-refractivity contribution in [1.29, 1.82) is 0 Å². The van der Waals surface area contributed by atoms with E-state index in [4.69, 9.17) is 4.52 Å². The van der Waals surface area contributed by atoms with Crippen molar-refractivity contribution in [2.24, 2.45) is 5.92 Å². The van der Waals surface area contributed by atoms with Crippen LogP contribution in [-0.2, 0) is 5.75 Å². The predicted molar refractivity (Wildman–Crippen MR) is 86.4 cm³/mol. The van der Waals surface area contributed by atoms with Crippen molar-refractivity contribution < 1.29 is 4.52 Å². The summed E-state index contributed by atoms with van der Waals surface area (Å²) in [6.45, 7) is 6.51. The van der Waals surface area contributed by atoms with Gasteiger partial charge in [0.05, 0.1) is 11.7 Å². The van der Waals surface area contributed by atoms with Crippen LogP contribution in [0, 0.1) is 5.92 Å². The molecule has 0 aliphatic carbocycles. The second kappa shape index (κ2) is 7.61. The molecule has 0 saturated carbocycles. The Labute approximate surface area is 130 Å². The van der Waals surface area contributed by atoms with E-state index in [1.165, 1.54) is 4.90 Å². The minimum Gasteiger partial charge on any atom is -0.339 e. The van der Waals surface area contributed by atoms with E-state index < -0.39 is 0 Å². The van der Waals surface area contributed by atoms with E-state index >= 15 is 0 Å². The van der Waals surface area contributed by atoms with Crippen molar-refractivity contribution >= 4 is 11.8 Å². The Morgan fingerprint density at radius 3 is 2.52 bits per heavy atom. The van der Waals surface area contributed by atoms with Crippen molar-refractivity contribution in [1.82, 2.24) is 15.5 Å². The maximum atomic E-state index is 5.49. The van der Waals surface area contributed by atoms with Crippen molar-refractivity contribution in [3.63, 3.8) is 0 Å². The molecule has 0 fully saturated rings. The normalized spacial score (nSPS) is 14.3. The molecule has 0 saturated heterocycles. The average Bonchev–Trinajstić information content (AvgIpc) is 2.94. The van der Waals surface area contributed by atoms with Crippen LogP contribution >= 0.6 is 11.8 Å². The first-order valence-electron chi connectivity index (χ1n) is 7.29. The number of likely N-dealkylation sites (N-methyl/N-ethyl adjacent to an activating group) is 1. The SMILES string of the molecule is CNC(C)C(c1nc(CSc2ccccc2)no1)C(C)C. The van der Waals surface area contributed by atoms with E-state index in [1.54, 1.807) is 11.8 Å². The lowest BCUT2D eigenvalue weighted by Gasteiger charge is -2.23. The topological polar surface area (TPSA) is 51.0 Å². The van der Waals surface area contributed by atoms with Crippen LogP contribution in [0.3, 0.4) is 0 Å². The maximum Gasteiger partial charge on any atom is 0.231 e. The minimum absolute atomic E-state index is 0.234. The second-order valence-corrected chi connectivity index (χ2v) is 6.55. The van der Waals surface area contributed by atoms with Crippen molar-refractivity contribution in [2.45, 2.75) is 43.4 Å². The lowest BCUT2D eigenvalue weighted by atomic mass is 9.89. The minimum atomic E-state index is 0.234. The number of benzene rings is 1. The Kier molecular flexibility index (Phi) is 5.82. The van der Waals surface area contributed by atoms with Crippen molar-refractivity contribution in [3.05, 3.63) is 42.0 Å². The highest BCUT2D eigenvalue weighted by Gasteiger charge is 2.27. The molecule has 0 amide bonds. The molecule has 1 aromatic carbocycles. The molecule has 2 unspecified atom stereocenters. The van der Waals surface area contributed by atoms with Gasteiger partial charge in [0.2, 0.25) is 5.89 Å². The van der Waals surface area contributed by atoms with E-state index in [1.807, 2.05) is 25.2 Å². The third-order valence-electron chi connectivity index (χ3n) is 3.59. The first kappa shape index (κ1) is 16.0. The van der Waals surface area contributed by atoms with Crippen LogP contribution in [0.25, 0.3) is 0 Å². The zero-order chi connectivity index (χ0) is 15.2. The molecule has 2 rings (SSSR count). The number of rotatable bonds is 7. The molecule has 1 aromatic heterocycles. The van der Waals surface area contributed by atoms with Crippen LogP contribution in [0.5, 0.6) is 0 Å². The van der Waals surface area contributed by atoms with Crippen LogP contribution in [0.4, 0.5) is 0 Å². The Hall–Kier alpha value is -1.33. The number of nitrogens with zero attached hydrogens (tertiary/aromatic N) is 2. The van der Waals surface area contributed by atoms with E-state index in [0.717, 1.165) is 17.5 Å². The van der Waals surface area contributed by atoms with Crippen LogP contribution in [0.1, 0.15) is 38.4 Å². The molecular formula is C16H23N3OS. The van der Waals surface area contributed by atoms with Gasteiger partial charge in [-0.2, -0.15) is 4.98 Å². The highest BCUT2D eigenvalue weighted by molar-refractivity contribution is 7.98. The summed E-state index contributed by atoms with van der Waals surface area (Å²) in [6, 6.07) is 10.6. The lowest BCUT2D eigenvalue weighted by molar-refractivity contribution is 0.285. The van der Waals surface area contributed by atoms with Crippen LogP contribution < -0.4 is 5.32 Å². The molecule has 2 atom stereocenters. The van der Waals surface area contributed by atoms with Gasteiger partial charge in [0.25, 0.3) is 0 Å². The number of hydrogen-bond acceptors (Lipinski definition) is 5. The zero-order valence-electron chi connectivity index (χ0n) is 13.0. The monoisotopic (exact) mass is 305 g/mol. The average molecular weight is 305 g/mol. The summed E-state index contributed by atoms with van der Waals surface area (Å²) in [5.74, 6) is 2.90. The largest absolute Gasteiger partial charge is 0.339 e. The van der Waals surface area contributed by atoms with Gasteiger partial charge in [-0.15, -0.1) is 11.8 Å². The van der Waals surface area contributed by atoms with Gasteiger partial charge in [-0.05, 0) is 32.0 Å². The third kappa shape index (κ3) is 4.32. The van der Waals surface area contributed by atoms with Crippen LogP contribution in [0.15, 0.2) is 39.8 Å². The molecule has 0 aliphatic heterocycles. The molecular weight excluding hydrogens is 282 g/mol. The zero-order valence-corrected chi connectivity index (χ0v) is 13.9. The number of thioether (sulfide) groups is 1. The van der Waals surface area contributed by atoms with Crippen LogP contribution in [-0.4, -0.2) is 23.2 Å². The van der Waals surface area contributed by atoms with Gasteiger partial charge in [-0.1, -0.05) is 37.2 Å². The van der Waals surface area contributed by atoms with Crippen molar-refractivity contribution in [3.8, 4) is 0 Å². The smallest absolute Gasteiger partial charge is 0.231 e. The van der Waals surface area contributed by atoms with Gasteiger partial charge < -0.3 is 9.84 Å². The molecule has 0 aliphatic rings. The van der Waals surface area contributed by atoms with E-state index in [2.05, 4.69) is 48.4 Å². The number of aromatic nitrogens is 2. The van der Waals surface area contributed by atoms with Crippen molar-refractivity contribution in [2.75, 3.05) is 7.05 Å². The fourth-order valence-corrected chi connectivity index (χ4v) is 3.14. The van der Waals surface area contributed by atoms with E-state index in [-0.39, 0.29) is 5.92 Å². The first-order chi connectivity index (χ1) is 10.1.